The number of benzene rings is 2. The van der Waals surface area contributed by atoms with Crippen molar-refractivity contribution in [2.75, 3.05) is 11.6 Å². The van der Waals surface area contributed by atoms with Crippen molar-refractivity contribution >= 4 is 39.9 Å². The Morgan fingerprint density at radius 2 is 2.00 bits per heavy atom. The minimum absolute atomic E-state index is 0.344. The molecule has 2 aromatic carbocycles. The maximum atomic E-state index is 11.9. The SMILES string of the molecule is CCc1cc(=O)oc2c3c(ccc12)OCN(c1cc(Cl)ccc1Cl)C3. The van der Waals surface area contributed by atoms with Crippen molar-refractivity contribution in [3.63, 3.8) is 0 Å². The standard InChI is InChI=1S/C19H15Cl2NO3/c1-2-11-7-18(23)25-19-13(11)4-6-17-14(19)9-22(10-24-17)16-8-12(20)3-5-15(16)21/h3-8H,2,9-10H2,1H3. The number of nitrogens with zero attached hydrogens (tertiary/aromatic N) is 1. The van der Waals surface area contributed by atoms with Crippen molar-refractivity contribution in [1.29, 1.82) is 0 Å². The van der Waals surface area contributed by atoms with Gasteiger partial charge in [0.1, 0.15) is 11.3 Å². The van der Waals surface area contributed by atoms with Gasteiger partial charge in [-0.05, 0) is 42.3 Å². The van der Waals surface area contributed by atoms with E-state index in [2.05, 4.69) is 0 Å². The van der Waals surface area contributed by atoms with Crippen LogP contribution in [0.5, 0.6) is 5.75 Å². The van der Waals surface area contributed by atoms with Crippen molar-refractivity contribution in [3.05, 3.63) is 68.0 Å². The summed E-state index contributed by atoms with van der Waals surface area (Å²) in [5.41, 5.74) is 2.81. The number of hydrogen-bond donors (Lipinski definition) is 0. The number of rotatable bonds is 2. The highest BCUT2D eigenvalue weighted by Crippen LogP contribution is 2.37. The molecule has 0 radical (unpaired) electrons. The minimum Gasteiger partial charge on any atom is -0.473 e. The molecule has 0 bridgehead atoms. The fraction of sp³-hybridized carbons (Fsp3) is 0.211. The van der Waals surface area contributed by atoms with Gasteiger partial charge in [-0.2, -0.15) is 0 Å². The van der Waals surface area contributed by atoms with Crippen LogP contribution in [-0.2, 0) is 13.0 Å². The number of hydrogen-bond acceptors (Lipinski definition) is 4. The van der Waals surface area contributed by atoms with Crippen LogP contribution in [0.3, 0.4) is 0 Å². The average Bonchev–Trinajstić information content (AvgIpc) is 2.62. The Labute approximate surface area is 154 Å². The normalized spacial score (nSPS) is 13.6. The molecule has 25 heavy (non-hydrogen) atoms. The summed E-state index contributed by atoms with van der Waals surface area (Å²) in [6, 6.07) is 10.7. The first-order valence-electron chi connectivity index (χ1n) is 7.98. The first-order chi connectivity index (χ1) is 12.1. The number of anilines is 1. The van der Waals surface area contributed by atoms with E-state index in [4.69, 9.17) is 32.4 Å². The number of aryl methyl sites for hydroxylation is 1. The Hall–Kier alpha value is -2.17. The van der Waals surface area contributed by atoms with Crippen LogP contribution in [0.15, 0.2) is 45.6 Å². The molecule has 1 aliphatic heterocycles. The summed E-state index contributed by atoms with van der Waals surface area (Å²) >= 11 is 12.4. The molecule has 0 amide bonds. The smallest absolute Gasteiger partial charge is 0.336 e. The second kappa shape index (κ2) is 6.28. The predicted molar refractivity (Wildman–Crippen MR) is 100 cm³/mol. The van der Waals surface area contributed by atoms with Crippen molar-refractivity contribution in [2.45, 2.75) is 19.9 Å². The highest BCUT2D eigenvalue weighted by molar-refractivity contribution is 6.35. The summed E-state index contributed by atoms with van der Waals surface area (Å²) in [5, 5.41) is 2.12. The quantitative estimate of drug-likeness (QED) is 0.589. The van der Waals surface area contributed by atoms with Gasteiger partial charge in [0.25, 0.3) is 0 Å². The molecular weight excluding hydrogens is 361 g/mol. The summed E-state index contributed by atoms with van der Waals surface area (Å²) in [4.78, 5) is 13.9. The summed E-state index contributed by atoms with van der Waals surface area (Å²) in [5.74, 6) is 0.721. The summed E-state index contributed by atoms with van der Waals surface area (Å²) in [6.07, 6.45) is 0.756. The van der Waals surface area contributed by atoms with Crippen molar-refractivity contribution in [1.82, 2.24) is 0 Å². The Morgan fingerprint density at radius 3 is 2.80 bits per heavy atom. The molecule has 0 unspecified atom stereocenters. The second-order valence-electron chi connectivity index (χ2n) is 5.93. The first-order valence-corrected chi connectivity index (χ1v) is 8.74. The van der Waals surface area contributed by atoms with Gasteiger partial charge in [0, 0.05) is 16.5 Å². The summed E-state index contributed by atoms with van der Waals surface area (Å²) in [7, 11) is 0. The van der Waals surface area contributed by atoms with Gasteiger partial charge < -0.3 is 14.1 Å². The largest absolute Gasteiger partial charge is 0.473 e. The molecule has 128 valence electrons. The highest BCUT2D eigenvalue weighted by Gasteiger charge is 2.23. The molecule has 0 N–H and O–H groups in total. The fourth-order valence-electron chi connectivity index (χ4n) is 3.17. The van der Waals surface area contributed by atoms with Crippen LogP contribution >= 0.6 is 23.2 Å². The zero-order chi connectivity index (χ0) is 17.6. The number of halogens is 2. The molecule has 1 aromatic heterocycles. The van der Waals surface area contributed by atoms with Gasteiger partial charge >= 0.3 is 5.63 Å². The molecule has 4 nitrogen and oxygen atoms in total. The first kappa shape index (κ1) is 16.3. The molecule has 2 heterocycles. The second-order valence-corrected chi connectivity index (χ2v) is 6.77. The molecule has 6 heteroatoms. The van der Waals surface area contributed by atoms with Crippen LogP contribution in [0.4, 0.5) is 5.69 Å². The van der Waals surface area contributed by atoms with Gasteiger partial charge in [-0.1, -0.05) is 30.1 Å². The molecule has 4 rings (SSSR count). The Kier molecular flexibility index (Phi) is 4.10. The maximum absolute atomic E-state index is 11.9. The summed E-state index contributed by atoms with van der Waals surface area (Å²) in [6.45, 7) is 2.88. The zero-order valence-corrected chi connectivity index (χ0v) is 15.0. The van der Waals surface area contributed by atoms with Crippen LogP contribution < -0.4 is 15.3 Å². The molecule has 3 aromatic rings. The van der Waals surface area contributed by atoms with Crippen molar-refractivity contribution in [2.24, 2.45) is 0 Å². The van der Waals surface area contributed by atoms with Crippen LogP contribution in [0.1, 0.15) is 18.1 Å². The average molecular weight is 376 g/mol. The van der Waals surface area contributed by atoms with E-state index in [9.17, 15) is 4.79 Å². The topological polar surface area (TPSA) is 42.7 Å². The van der Waals surface area contributed by atoms with E-state index in [0.717, 1.165) is 34.4 Å². The van der Waals surface area contributed by atoms with E-state index in [1.807, 2.05) is 24.0 Å². The van der Waals surface area contributed by atoms with Gasteiger partial charge in [0.05, 0.1) is 22.8 Å². The summed E-state index contributed by atoms with van der Waals surface area (Å²) < 4.78 is 11.4. The molecule has 0 atom stereocenters. The Bertz CT molecular complexity index is 1030. The van der Waals surface area contributed by atoms with E-state index in [1.165, 1.54) is 0 Å². The van der Waals surface area contributed by atoms with Crippen molar-refractivity contribution in [3.8, 4) is 5.75 Å². The Morgan fingerprint density at radius 1 is 1.16 bits per heavy atom. The van der Waals surface area contributed by atoms with E-state index < -0.39 is 0 Å². The lowest BCUT2D eigenvalue weighted by molar-refractivity contribution is 0.289. The Balaban J connectivity index is 1.86. The van der Waals surface area contributed by atoms with E-state index >= 15 is 0 Å². The zero-order valence-electron chi connectivity index (χ0n) is 13.5. The maximum Gasteiger partial charge on any atom is 0.336 e. The monoisotopic (exact) mass is 375 g/mol. The molecular formula is C19H15Cl2NO3. The van der Waals surface area contributed by atoms with Gasteiger partial charge in [0.15, 0.2) is 6.73 Å². The van der Waals surface area contributed by atoms with Crippen molar-refractivity contribution < 1.29 is 9.15 Å². The molecule has 1 aliphatic rings. The highest BCUT2D eigenvalue weighted by atomic mass is 35.5. The molecule has 0 saturated carbocycles. The van der Waals surface area contributed by atoms with E-state index in [0.29, 0.717) is 28.9 Å². The third-order valence-corrected chi connectivity index (χ3v) is 4.97. The third kappa shape index (κ3) is 2.86. The van der Waals surface area contributed by atoms with E-state index in [1.54, 1.807) is 24.3 Å². The lowest BCUT2D eigenvalue weighted by Gasteiger charge is -2.31. The van der Waals surface area contributed by atoms with Gasteiger partial charge in [-0.25, -0.2) is 4.79 Å². The van der Waals surface area contributed by atoms with Crippen LogP contribution in [0.2, 0.25) is 10.0 Å². The lowest BCUT2D eigenvalue weighted by Crippen LogP contribution is -2.32. The molecule has 0 saturated heterocycles. The van der Waals surface area contributed by atoms with Gasteiger partial charge in [-0.15, -0.1) is 0 Å². The minimum atomic E-state index is -0.351. The fourth-order valence-corrected chi connectivity index (χ4v) is 3.58. The molecule has 0 spiro atoms. The third-order valence-electron chi connectivity index (χ3n) is 4.41. The van der Waals surface area contributed by atoms with Gasteiger partial charge in [0.2, 0.25) is 0 Å². The number of fused-ring (bicyclic) bond motifs is 3. The molecule has 0 aliphatic carbocycles. The lowest BCUT2D eigenvalue weighted by atomic mass is 10.0. The predicted octanol–water partition coefficient (Wildman–Crippen LogP) is 5.02. The van der Waals surface area contributed by atoms with E-state index in [-0.39, 0.29) is 5.63 Å². The van der Waals surface area contributed by atoms with Crippen LogP contribution in [0, 0.1) is 0 Å². The molecule has 0 fully saturated rings. The van der Waals surface area contributed by atoms with Crippen LogP contribution in [0.25, 0.3) is 11.0 Å². The van der Waals surface area contributed by atoms with Crippen LogP contribution in [-0.4, -0.2) is 6.73 Å². The number of ether oxygens (including phenoxy) is 1. The van der Waals surface area contributed by atoms with Gasteiger partial charge in [-0.3, -0.25) is 0 Å².